The third kappa shape index (κ3) is 5.71. The average molecular weight is 769 g/mol. The summed E-state index contributed by atoms with van der Waals surface area (Å²) in [6.45, 7) is 4.43. The van der Waals surface area contributed by atoms with Crippen LogP contribution in [0, 0.1) is 13.8 Å². The molecule has 0 atom stereocenters. The van der Waals surface area contributed by atoms with Crippen LogP contribution in [0.1, 0.15) is 11.1 Å². The molecule has 284 valence electrons. The van der Waals surface area contributed by atoms with Crippen molar-refractivity contribution in [3.05, 3.63) is 206 Å². The molecule has 0 spiro atoms. The van der Waals surface area contributed by atoms with E-state index in [0.717, 1.165) is 0 Å². The Balaban J connectivity index is 0.000000136. The molecule has 2 heteroatoms. The first-order valence-corrected chi connectivity index (χ1v) is 20.9. The van der Waals surface area contributed by atoms with Crippen LogP contribution in [0.2, 0.25) is 0 Å². The van der Waals surface area contributed by atoms with Gasteiger partial charge in [-0.05, 0) is 95.7 Å². The zero-order valence-corrected chi connectivity index (χ0v) is 34.4. The number of hydrogen-bond donors (Lipinski definition) is 0. The number of benzene rings is 10. The van der Waals surface area contributed by atoms with E-state index >= 15 is 0 Å². The summed E-state index contributed by atoms with van der Waals surface area (Å²) in [6, 6.07) is 66.2. The predicted octanol–water partition coefficient (Wildman–Crippen LogP) is 14.2. The van der Waals surface area contributed by atoms with E-state index in [2.05, 4.69) is 231 Å². The molecule has 0 unspecified atom stereocenters. The van der Waals surface area contributed by atoms with Gasteiger partial charge in [-0.3, -0.25) is 0 Å². The maximum Gasteiger partial charge on any atom is 0.213 e. The van der Waals surface area contributed by atoms with E-state index in [0.29, 0.717) is 0 Å². The lowest BCUT2D eigenvalue weighted by molar-refractivity contribution is -0.659. The molecule has 10 aromatic carbocycles. The van der Waals surface area contributed by atoms with Crippen LogP contribution in [0.3, 0.4) is 0 Å². The topological polar surface area (TPSA) is 7.76 Å². The summed E-state index contributed by atoms with van der Waals surface area (Å²) in [7, 11) is 4.33. The maximum atomic E-state index is 2.39. The lowest BCUT2D eigenvalue weighted by Gasteiger charge is -2.13. The van der Waals surface area contributed by atoms with Crippen molar-refractivity contribution >= 4 is 86.2 Å². The second-order valence-electron chi connectivity index (χ2n) is 16.4. The molecule has 0 saturated heterocycles. The van der Waals surface area contributed by atoms with Gasteiger partial charge in [0.1, 0.15) is 14.1 Å². The van der Waals surface area contributed by atoms with Gasteiger partial charge in [0.2, 0.25) is 11.4 Å². The summed E-state index contributed by atoms with van der Waals surface area (Å²) >= 11 is 0. The van der Waals surface area contributed by atoms with Gasteiger partial charge in [-0.25, -0.2) is 9.13 Å². The Bertz CT molecular complexity index is 3700. The van der Waals surface area contributed by atoms with Crippen molar-refractivity contribution in [2.24, 2.45) is 14.1 Å². The van der Waals surface area contributed by atoms with Crippen LogP contribution >= 0.6 is 0 Å². The molecule has 2 heterocycles. The fourth-order valence-electron chi connectivity index (χ4n) is 9.85. The molecule has 0 aliphatic carbocycles. The van der Waals surface area contributed by atoms with Gasteiger partial charge < -0.3 is 0 Å². The van der Waals surface area contributed by atoms with Crippen molar-refractivity contribution in [2.75, 3.05) is 0 Å². The van der Waals surface area contributed by atoms with E-state index in [1.807, 2.05) is 0 Å². The Hall–Kier alpha value is -7.42. The smallest absolute Gasteiger partial charge is 0.200 e. The van der Waals surface area contributed by atoms with Crippen molar-refractivity contribution in [2.45, 2.75) is 13.8 Å². The van der Waals surface area contributed by atoms with E-state index in [-0.39, 0.29) is 0 Å². The molecule has 0 radical (unpaired) electrons. The number of nitrogens with zero attached hydrogens (tertiary/aromatic N) is 2. The summed E-state index contributed by atoms with van der Waals surface area (Å²) in [4.78, 5) is 0. The van der Waals surface area contributed by atoms with Crippen LogP contribution in [-0.4, -0.2) is 0 Å². The van der Waals surface area contributed by atoms with Gasteiger partial charge in [0.25, 0.3) is 0 Å². The zero-order valence-electron chi connectivity index (χ0n) is 34.4. The van der Waals surface area contributed by atoms with Crippen LogP contribution in [0.5, 0.6) is 0 Å². The molecule has 0 aliphatic rings. The normalized spacial score (nSPS) is 11.7. The van der Waals surface area contributed by atoms with E-state index in [4.69, 9.17) is 0 Å². The minimum Gasteiger partial charge on any atom is -0.200 e. The fraction of sp³-hybridized carbons (Fsp3) is 0.0690. The van der Waals surface area contributed by atoms with E-state index < -0.39 is 0 Å². The number of fused-ring (bicyclic) bond motifs is 14. The largest absolute Gasteiger partial charge is 0.213 e. The van der Waals surface area contributed by atoms with Gasteiger partial charge in [0.15, 0.2) is 12.4 Å². The molecular formula is C58H44N2+2. The molecule has 0 saturated carbocycles. The molecule has 0 N–H and O–H groups in total. The summed E-state index contributed by atoms with van der Waals surface area (Å²) < 4.78 is 4.57. The summed E-state index contributed by atoms with van der Waals surface area (Å²) in [5, 5.41) is 20.9. The second kappa shape index (κ2) is 14.1. The molecule has 0 amide bonds. The summed E-state index contributed by atoms with van der Waals surface area (Å²) in [5.41, 5.74) is 7.69. The lowest BCUT2D eigenvalue weighted by atomic mass is 9.92. The molecule has 60 heavy (non-hydrogen) atoms. The average Bonchev–Trinajstić information content (AvgIpc) is 3.29. The molecule has 0 aliphatic heterocycles. The van der Waals surface area contributed by atoms with Crippen LogP contribution in [0.4, 0.5) is 0 Å². The van der Waals surface area contributed by atoms with Gasteiger partial charge in [-0.15, -0.1) is 0 Å². The van der Waals surface area contributed by atoms with E-state index in [1.165, 1.54) is 120 Å². The van der Waals surface area contributed by atoms with Crippen LogP contribution in [0.25, 0.3) is 109 Å². The minimum absolute atomic E-state index is 1.24. The molecule has 2 nitrogen and oxygen atoms in total. The first-order chi connectivity index (χ1) is 29.4. The maximum absolute atomic E-state index is 2.39. The van der Waals surface area contributed by atoms with Gasteiger partial charge in [0.05, 0.1) is 16.3 Å². The molecule has 12 aromatic rings. The number of pyridine rings is 2. The highest BCUT2D eigenvalue weighted by molar-refractivity contribution is 6.26. The SMILES string of the molecule is Cc1cc2ccccc2cc1-c1cc2c3ccccc3c3ccccc3c2c[n+]1C.Cc1ccc2ccccc2c1-c1cc2c3ccccc3c3ccccc3c2c[n+]1C. The highest BCUT2D eigenvalue weighted by Crippen LogP contribution is 2.39. The van der Waals surface area contributed by atoms with Gasteiger partial charge in [-0.2, -0.15) is 0 Å². The quantitative estimate of drug-likeness (QED) is 0.122. The second-order valence-corrected chi connectivity index (χ2v) is 16.4. The van der Waals surface area contributed by atoms with Crippen molar-refractivity contribution < 1.29 is 9.13 Å². The summed E-state index contributed by atoms with van der Waals surface area (Å²) in [5.74, 6) is 0. The predicted molar refractivity (Wildman–Crippen MR) is 256 cm³/mol. The molecule has 0 bridgehead atoms. The number of aromatic nitrogens is 2. The third-order valence-corrected chi connectivity index (χ3v) is 12.8. The van der Waals surface area contributed by atoms with Gasteiger partial charge in [-0.1, -0.05) is 164 Å². The Labute approximate surface area is 349 Å². The fourth-order valence-corrected chi connectivity index (χ4v) is 9.85. The number of hydrogen-bond acceptors (Lipinski definition) is 0. The van der Waals surface area contributed by atoms with Crippen LogP contribution in [0.15, 0.2) is 194 Å². The Morgan fingerprint density at radius 1 is 0.283 bits per heavy atom. The Morgan fingerprint density at radius 3 is 1.15 bits per heavy atom. The van der Waals surface area contributed by atoms with Crippen molar-refractivity contribution in [1.82, 2.24) is 0 Å². The van der Waals surface area contributed by atoms with Crippen molar-refractivity contribution in [1.29, 1.82) is 0 Å². The van der Waals surface area contributed by atoms with Gasteiger partial charge >= 0.3 is 0 Å². The van der Waals surface area contributed by atoms with E-state index in [1.54, 1.807) is 0 Å². The first-order valence-electron chi connectivity index (χ1n) is 20.9. The lowest BCUT2D eigenvalue weighted by Crippen LogP contribution is -2.30. The molecule has 0 fully saturated rings. The minimum atomic E-state index is 1.24. The van der Waals surface area contributed by atoms with Crippen LogP contribution in [-0.2, 0) is 14.1 Å². The number of aryl methyl sites for hydroxylation is 4. The van der Waals surface area contributed by atoms with Crippen LogP contribution < -0.4 is 9.13 Å². The Morgan fingerprint density at radius 2 is 0.650 bits per heavy atom. The highest BCUT2D eigenvalue weighted by Gasteiger charge is 2.21. The number of rotatable bonds is 2. The van der Waals surface area contributed by atoms with Gasteiger partial charge in [0, 0.05) is 28.5 Å². The molecular weight excluding hydrogens is 725 g/mol. The Kier molecular flexibility index (Phi) is 8.42. The van der Waals surface area contributed by atoms with Crippen molar-refractivity contribution in [3.63, 3.8) is 0 Å². The zero-order chi connectivity index (χ0) is 40.5. The van der Waals surface area contributed by atoms with Crippen molar-refractivity contribution in [3.8, 4) is 22.5 Å². The van der Waals surface area contributed by atoms with E-state index in [9.17, 15) is 0 Å². The first kappa shape index (κ1) is 35.7. The molecule has 12 rings (SSSR count). The third-order valence-electron chi connectivity index (χ3n) is 12.8. The highest BCUT2D eigenvalue weighted by atomic mass is 14.9. The standard InChI is InChI=1S/2C29H22N/c1-19-15-20-9-3-4-10-21(20)16-26(19)29-17-27-24-13-7-5-11-22(24)23-12-6-8-14-25(23)28(27)18-30(29)2;1-19-15-16-20-9-3-4-10-21(20)29(19)28-17-26-24-13-7-5-11-22(24)23-12-6-8-14-25(23)27(26)18-30(28)2/h2*3-18H,1-2H3/q2*+1. The molecule has 2 aromatic heterocycles. The monoisotopic (exact) mass is 768 g/mol. The summed E-state index contributed by atoms with van der Waals surface area (Å²) in [6.07, 6.45) is 4.61.